The standard InChI is InChI=1S/C24H27NO2/c1-24(2,3)17-11-9-16(10-12-17)23(26)25-18-13-14-22-20(15-18)19-7-5-4-6-8-21(19)27-22/h9-15H,4-8H2,1-3H3,(H,25,26). The van der Waals surface area contributed by atoms with E-state index >= 15 is 0 Å². The van der Waals surface area contributed by atoms with Crippen LogP contribution in [0, 0.1) is 0 Å². The van der Waals surface area contributed by atoms with Gasteiger partial charge < -0.3 is 9.73 Å². The van der Waals surface area contributed by atoms with Crippen LogP contribution in [-0.4, -0.2) is 5.91 Å². The zero-order chi connectivity index (χ0) is 19.0. The number of anilines is 1. The Hall–Kier alpha value is -2.55. The first kappa shape index (κ1) is 17.8. The number of furan rings is 1. The Bertz CT molecular complexity index is 974. The third-order valence-corrected chi connectivity index (χ3v) is 5.48. The summed E-state index contributed by atoms with van der Waals surface area (Å²) in [5, 5.41) is 4.19. The monoisotopic (exact) mass is 361 g/mol. The summed E-state index contributed by atoms with van der Waals surface area (Å²) in [5.41, 5.74) is 5.05. The molecule has 0 fully saturated rings. The summed E-state index contributed by atoms with van der Waals surface area (Å²) in [6.07, 6.45) is 5.74. The second kappa shape index (κ2) is 6.88. The van der Waals surface area contributed by atoms with Crippen molar-refractivity contribution < 1.29 is 9.21 Å². The van der Waals surface area contributed by atoms with Crippen LogP contribution in [-0.2, 0) is 18.3 Å². The average molecular weight is 361 g/mol. The number of nitrogens with one attached hydrogen (secondary N) is 1. The van der Waals surface area contributed by atoms with E-state index in [1.165, 1.54) is 30.4 Å². The highest BCUT2D eigenvalue weighted by Crippen LogP contribution is 2.33. The summed E-state index contributed by atoms with van der Waals surface area (Å²) in [5.74, 6) is 1.05. The molecule has 0 aliphatic heterocycles. The van der Waals surface area contributed by atoms with E-state index in [0.29, 0.717) is 5.56 Å². The molecular weight excluding hydrogens is 334 g/mol. The number of fused-ring (bicyclic) bond motifs is 3. The molecule has 3 nitrogen and oxygen atoms in total. The average Bonchev–Trinajstić information content (AvgIpc) is 2.82. The Morgan fingerprint density at radius 3 is 2.44 bits per heavy atom. The van der Waals surface area contributed by atoms with Crippen molar-refractivity contribution in [1.29, 1.82) is 0 Å². The fourth-order valence-corrected chi connectivity index (χ4v) is 3.84. The van der Waals surface area contributed by atoms with Crippen LogP contribution in [0.4, 0.5) is 5.69 Å². The van der Waals surface area contributed by atoms with Crippen molar-refractivity contribution in [3.63, 3.8) is 0 Å². The van der Waals surface area contributed by atoms with Crippen LogP contribution in [0.25, 0.3) is 11.0 Å². The number of benzene rings is 2. The SMILES string of the molecule is CC(C)(C)c1ccc(C(=O)Nc2ccc3oc4c(c3c2)CCCCC4)cc1. The minimum absolute atomic E-state index is 0.0793. The van der Waals surface area contributed by atoms with Gasteiger partial charge in [-0.3, -0.25) is 4.79 Å². The van der Waals surface area contributed by atoms with Gasteiger partial charge in [-0.1, -0.05) is 39.3 Å². The van der Waals surface area contributed by atoms with Gasteiger partial charge >= 0.3 is 0 Å². The van der Waals surface area contributed by atoms with Gasteiger partial charge in [0.1, 0.15) is 11.3 Å². The molecule has 1 aliphatic carbocycles. The van der Waals surface area contributed by atoms with Gasteiger partial charge in [-0.25, -0.2) is 0 Å². The van der Waals surface area contributed by atoms with E-state index in [2.05, 4.69) is 32.2 Å². The molecule has 0 saturated carbocycles. The van der Waals surface area contributed by atoms with Crippen LogP contribution < -0.4 is 5.32 Å². The number of carbonyl (C=O) groups is 1. The number of hydrogen-bond donors (Lipinski definition) is 1. The van der Waals surface area contributed by atoms with Gasteiger partial charge in [-0.15, -0.1) is 0 Å². The molecule has 1 aromatic heterocycles. The van der Waals surface area contributed by atoms with Crippen molar-refractivity contribution in [3.05, 3.63) is 64.9 Å². The van der Waals surface area contributed by atoms with Gasteiger partial charge in [0.05, 0.1) is 0 Å². The lowest BCUT2D eigenvalue weighted by Gasteiger charge is -2.19. The summed E-state index contributed by atoms with van der Waals surface area (Å²) in [4.78, 5) is 12.7. The first-order valence-electron chi connectivity index (χ1n) is 9.88. The molecular formula is C24H27NO2. The van der Waals surface area contributed by atoms with Crippen LogP contribution in [0.1, 0.15) is 67.3 Å². The largest absolute Gasteiger partial charge is 0.461 e. The summed E-state index contributed by atoms with van der Waals surface area (Å²) >= 11 is 0. The molecule has 0 atom stereocenters. The summed E-state index contributed by atoms with van der Waals surface area (Å²) in [6.45, 7) is 6.52. The van der Waals surface area contributed by atoms with Crippen LogP contribution in [0.5, 0.6) is 0 Å². The normalized spacial score (nSPS) is 14.6. The molecule has 3 aromatic rings. The Morgan fingerprint density at radius 1 is 0.963 bits per heavy atom. The van der Waals surface area contributed by atoms with Crippen LogP contribution in [0.3, 0.4) is 0 Å². The zero-order valence-corrected chi connectivity index (χ0v) is 16.4. The van der Waals surface area contributed by atoms with E-state index in [1.807, 2.05) is 36.4 Å². The lowest BCUT2D eigenvalue weighted by atomic mass is 9.87. The van der Waals surface area contributed by atoms with E-state index in [4.69, 9.17) is 4.42 Å². The van der Waals surface area contributed by atoms with Crippen LogP contribution in [0.15, 0.2) is 46.9 Å². The maximum absolute atomic E-state index is 12.7. The van der Waals surface area contributed by atoms with Crippen molar-refractivity contribution in [2.24, 2.45) is 0 Å². The highest BCUT2D eigenvalue weighted by atomic mass is 16.3. The maximum Gasteiger partial charge on any atom is 0.255 e. The molecule has 0 bridgehead atoms. The molecule has 1 N–H and O–H groups in total. The molecule has 2 aromatic carbocycles. The number of rotatable bonds is 2. The van der Waals surface area contributed by atoms with Crippen molar-refractivity contribution in [3.8, 4) is 0 Å². The Kier molecular flexibility index (Phi) is 4.55. The lowest BCUT2D eigenvalue weighted by molar-refractivity contribution is 0.102. The molecule has 140 valence electrons. The van der Waals surface area contributed by atoms with Crippen molar-refractivity contribution in [2.45, 2.75) is 58.3 Å². The molecule has 0 unspecified atom stereocenters. The minimum Gasteiger partial charge on any atom is -0.461 e. The van der Waals surface area contributed by atoms with Gasteiger partial charge in [0, 0.05) is 28.6 Å². The van der Waals surface area contributed by atoms with E-state index in [1.54, 1.807) is 0 Å². The van der Waals surface area contributed by atoms with Crippen molar-refractivity contribution >= 4 is 22.6 Å². The number of carbonyl (C=O) groups excluding carboxylic acids is 1. The second-order valence-electron chi connectivity index (χ2n) is 8.56. The fourth-order valence-electron chi connectivity index (χ4n) is 3.84. The molecule has 4 rings (SSSR count). The van der Waals surface area contributed by atoms with Crippen LogP contribution >= 0.6 is 0 Å². The van der Waals surface area contributed by atoms with E-state index in [9.17, 15) is 4.79 Å². The predicted octanol–water partition coefficient (Wildman–Crippen LogP) is 6.25. The number of aryl methyl sites for hydroxylation is 2. The fraction of sp³-hybridized carbons (Fsp3) is 0.375. The van der Waals surface area contributed by atoms with Gasteiger partial charge in [0.25, 0.3) is 5.91 Å². The molecule has 1 aliphatic rings. The molecule has 0 radical (unpaired) electrons. The smallest absolute Gasteiger partial charge is 0.255 e. The minimum atomic E-state index is -0.0793. The van der Waals surface area contributed by atoms with Gasteiger partial charge in [-0.05, 0) is 60.6 Å². The highest BCUT2D eigenvalue weighted by molar-refractivity contribution is 6.05. The molecule has 0 spiro atoms. The Morgan fingerprint density at radius 2 is 1.70 bits per heavy atom. The topological polar surface area (TPSA) is 42.2 Å². The first-order valence-corrected chi connectivity index (χ1v) is 9.88. The lowest BCUT2D eigenvalue weighted by Crippen LogP contribution is -2.14. The van der Waals surface area contributed by atoms with E-state index in [-0.39, 0.29) is 11.3 Å². The van der Waals surface area contributed by atoms with E-state index < -0.39 is 0 Å². The van der Waals surface area contributed by atoms with Gasteiger partial charge in [0.2, 0.25) is 0 Å². The molecule has 1 amide bonds. The summed E-state index contributed by atoms with van der Waals surface area (Å²) in [6, 6.07) is 13.8. The summed E-state index contributed by atoms with van der Waals surface area (Å²) in [7, 11) is 0. The number of hydrogen-bond acceptors (Lipinski definition) is 2. The third kappa shape index (κ3) is 3.64. The maximum atomic E-state index is 12.7. The van der Waals surface area contributed by atoms with Crippen molar-refractivity contribution in [2.75, 3.05) is 5.32 Å². The molecule has 0 saturated heterocycles. The van der Waals surface area contributed by atoms with E-state index in [0.717, 1.165) is 35.3 Å². The Balaban J connectivity index is 1.57. The second-order valence-corrected chi connectivity index (χ2v) is 8.56. The first-order chi connectivity index (χ1) is 12.9. The predicted molar refractivity (Wildman–Crippen MR) is 111 cm³/mol. The molecule has 1 heterocycles. The Labute approximate surface area is 160 Å². The highest BCUT2D eigenvalue weighted by Gasteiger charge is 2.18. The zero-order valence-electron chi connectivity index (χ0n) is 16.4. The van der Waals surface area contributed by atoms with Crippen molar-refractivity contribution in [1.82, 2.24) is 0 Å². The molecule has 3 heteroatoms. The van der Waals surface area contributed by atoms with Gasteiger partial charge in [0.15, 0.2) is 0 Å². The number of amides is 1. The van der Waals surface area contributed by atoms with Crippen LogP contribution in [0.2, 0.25) is 0 Å². The van der Waals surface area contributed by atoms with Gasteiger partial charge in [-0.2, -0.15) is 0 Å². The summed E-state index contributed by atoms with van der Waals surface area (Å²) < 4.78 is 6.05. The third-order valence-electron chi connectivity index (χ3n) is 5.48. The quantitative estimate of drug-likeness (QED) is 0.548. The molecule has 27 heavy (non-hydrogen) atoms.